The summed E-state index contributed by atoms with van der Waals surface area (Å²) < 4.78 is 29.3. The molecule has 29 heavy (non-hydrogen) atoms. The van der Waals surface area contributed by atoms with E-state index in [1.54, 1.807) is 16.4 Å². The van der Waals surface area contributed by atoms with Crippen molar-refractivity contribution in [2.45, 2.75) is 10.4 Å². The molecule has 0 fully saturated rings. The van der Waals surface area contributed by atoms with Crippen molar-refractivity contribution in [3.05, 3.63) is 132 Å². The molecule has 3 nitrogen and oxygen atoms in total. The maximum Gasteiger partial charge on any atom is 0.266 e. The number of nitrogens with zero attached hydrogens (tertiary/aromatic N) is 1. The van der Waals surface area contributed by atoms with Crippen LogP contribution in [0.2, 0.25) is 0 Å². The van der Waals surface area contributed by atoms with Gasteiger partial charge in [0.1, 0.15) is 5.54 Å². The molecular weight excluding hydrogens is 378 g/mol. The van der Waals surface area contributed by atoms with Crippen LogP contribution in [0, 0.1) is 0 Å². The van der Waals surface area contributed by atoms with E-state index in [9.17, 15) is 8.42 Å². The molecule has 0 bridgehead atoms. The number of hydrogen-bond donors (Lipinski definition) is 0. The summed E-state index contributed by atoms with van der Waals surface area (Å²) in [6, 6.07) is 36.4. The first-order chi connectivity index (χ1) is 14.2. The second-order valence-corrected chi connectivity index (χ2v) is 8.80. The molecule has 0 N–H and O–H groups in total. The summed E-state index contributed by atoms with van der Waals surface area (Å²) in [6.07, 6.45) is 0. The van der Waals surface area contributed by atoms with Crippen molar-refractivity contribution in [3.63, 3.8) is 0 Å². The van der Waals surface area contributed by atoms with Crippen LogP contribution in [-0.4, -0.2) is 8.42 Å². The summed E-state index contributed by atoms with van der Waals surface area (Å²) in [5.74, 6) is 0. The van der Waals surface area contributed by atoms with E-state index in [0.29, 0.717) is 10.6 Å². The van der Waals surface area contributed by atoms with Gasteiger partial charge in [-0.1, -0.05) is 97.1 Å². The quantitative estimate of drug-likeness (QED) is 0.477. The van der Waals surface area contributed by atoms with Crippen molar-refractivity contribution in [1.29, 1.82) is 0 Å². The summed E-state index contributed by atoms with van der Waals surface area (Å²) in [5, 5.41) is 0. The van der Waals surface area contributed by atoms with Gasteiger partial charge in [0, 0.05) is 5.56 Å². The molecule has 5 rings (SSSR count). The Morgan fingerprint density at radius 1 is 0.552 bits per heavy atom. The standard InChI is InChI=1S/C25H19NO2S/c27-29(28)24-19-11-10-18-23(24)25(20-12-4-1-5-13-20,21-14-6-2-7-15-21)26(29)22-16-8-3-9-17-22/h1-19H. The first-order valence-corrected chi connectivity index (χ1v) is 10.9. The maximum atomic E-state index is 13.9. The lowest BCUT2D eigenvalue weighted by Gasteiger charge is -2.40. The van der Waals surface area contributed by atoms with Crippen LogP contribution in [0.3, 0.4) is 0 Å². The van der Waals surface area contributed by atoms with Gasteiger partial charge >= 0.3 is 0 Å². The zero-order valence-electron chi connectivity index (χ0n) is 15.6. The van der Waals surface area contributed by atoms with Crippen LogP contribution in [0.4, 0.5) is 5.69 Å². The highest BCUT2D eigenvalue weighted by atomic mass is 32.2. The molecule has 142 valence electrons. The van der Waals surface area contributed by atoms with Crippen molar-refractivity contribution in [2.24, 2.45) is 0 Å². The van der Waals surface area contributed by atoms with E-state index in [4.69, 9.17) is 0 Å². The van der Waals surface area contributed by atoms with Gasteiger partial charge in [-0.05, 0) is 29.3 Å². The number of hydrogen-bond acceptors (Lipinski definition) is 2. The largest absolute Gasteiger partial charge is 0.266 e. The average Bonchev–Trinajstić information content (AvgIpc) is 3.00. The van der Waals surface area contributed by atoms with Crippen LogP contribution in [0.15, 0.2) is 120 Å². The lowest BCUT2D eigenvalue weighted by atomic mass is 9.77. The van der Waals surface area contributed by atoms with Gasteiger partial charge in [-0.3, -0.25) is 0 Å². The van der Waals surface area contributed by atoms with Crippen molar-refractivity contribution < 1.29 is 8.42 Å². The van der Waals surface area contributed by atoms with Gasteiger partial charge in [-0.2, -0.15) is 0 Å². The molecule has 0 saturated heterocycles. The first kappa shape index (κ1) is 17.7. The van der Waals surface area contributed by atoms with Crippen LogP contribution >= 0.6 is 0 Å². The Kier molecular flexibility index (Phi) is 4.03. The number of benzene rings is 4. The van der Waals surface area contributed by atoms with E-state index in [1.165, 1.54) is 0 Å². The van der Waals surface area contributed by atoms with E-state index >= 15 is 0 Å². The fraction of sp³-hybridized carbons (Fsp3) is 0.0400. The molecule has 4 heteroatoms. The van der Waals surface area contributed by atoms with Crippen molar-refractivity contribution in [1.82, 2.24) is 0 Å². The van der Waals surface area contributed by atoms with Gasteiger partial charge in [0.15, 0.2) is 0 Å². The van der Waals surface area contributed by atoms with Gasteiger partial charge in [-0.15, -0.1) is 0 Å². The molecule has 0 aliphatic carbocycles. The number of anilines is 1. The molecule has 4 aromatic carbocycles. The minimum atomic E-state index is -3.77. The van der Waals surface area contributed by atoms with E-state index in [2.05, 4.69) is 0 Å². The Hall–Kier alpha value is -3.37. The molecule has 4 aromatic rings. The summed E-state index contributed by atoms with van der Waals surface area (Å²) in [4.78, 5) is 0.344. The van der Waals surface area contributed by atoms with E-state index in [-0.39, 0.29) is 0 Å². The van der Waals surface area contributed by atoms with E-state index < -0.39 is 15.6 Å². The molecule has 1 heterocycles. The number of fused-ring (bicyclic) bond motifs is 1. The van der Waals surface area contributed by atoms with Gasteiger partial charge in [0.05, 0.1) is 10.6 Å². The van der Waals surface area contributed by atoms with Gasteiger partial charge in [0.2, 0.25) is 0 Å². The number of rotatable bonds is 3. The Labute approximate surface area is 170 Å². The highest BCUT2D eigenvalue weighted by molar-refractivity contribution is 7.93. The van der Waals surface area contributed by atoms with Crippen LogP contribution in [-0.2, 0) is 15.6 Å². The Morgan fingerprint density at radius 3 is 1.55 bits per heavy atom. The highest BCUT2D eigenvalue weighted by Gasteiger charge is 2.56. The second-order valence-electron chi connectivity index (χ2n) is 7.04. The van der Waals surface area contributed by atoms with Crippen molar-refractivity contribution >= 4 is 15.7 Å². The lowest BCUT2D eigenvalue weighted by molar-refractivity contribution is 0.582. The van der Waals surface area contributed by atoms with Gasteiger partial charge in [0.25, 0.3) is 10.0 Å². The monoisotopic (exact) mass is 397 g/mol. The molecule has 0 radical (unpaired) electrons. The predicted octanol–water partition coefficient (Wildman–Crippen LogP) is 5.19. The Morgan fingerprint density at radius 2 is 1.00 bits per heavy atom. The van der Waals surface area contributed by atoms with Crippen LogP contribution in [0.25, 0.3) is 0 Å². The zero-order valence-corrected chi connectivity index (χ0v) is 16.5. The zero-order chi connectivity index (χ0) is 19.9. The summed E-state index contributed by atoms with van der Waals surface area (Å²) in [6.45, 7) is 0. The summed E-state index contributed by atoms with van der Waals surface area (Å²) >= 11 is 0. The Balaban J connectivity index is 1.98. The van der Waals surface area contributed by atoms with E-state index in [1.807, 2.05) is 103 Å². The SMILES string of the molecule is O=S1(=O)c2ccccc2C(c2ccccc2)(c2ccccc2)N1c1ccccc1. The molecule has 0 atom stereocenters. The normalized spacial score (nSPS) is 16.3. The number of para-hydroxylation sites is 1. The third-order valence-corrected chi connectivity index (χ3v) is 7.35. The minimum absolute atomic E-state index is 0.344. The summed E-state index contributed by atoms with van der Waals surface area (Å²) in [7, 11) is -3.77. The molecule has 1 aliphatic heterocycles. The predicted molar refractivity (Wildman–Crippen MR) is 115 cm³/mol. The van der Waals surface area contributed by atoms with Crippen LogP contribution in [0.1, 0.15) is 16.7 Å². The van der Waals surface area contributed by atoms with Gasteiger partial charge < -0.3 is 0 Å². The molecule has 1 aliphatic rings. The molecule has 0 saturated carbocycles. The molecule has 0 amide bonds. The minimum Gasteiger partial charge on any atom is -0.247 e. The number of sulfonamides is 1. The average molecular weight is 397 g/mol. The summed E-state index contributed by atoms with van der Waals surface area (Å²) in [5.41, 5.74) is 2.23. The third-order valence-electron chi connectivity index (χ3n) is 5.47. The molecule has 0 unspecified atom stereocenters. The van der Waals surface area contributed by atoms with Crippen molar-refractivity contribution in [2.75, 3.05) is 4.31 Å². The topological polar surface area (TPSA) is 37.4 Å². The fourth-order valence-electron chi connectivity index (χ4n) is 4.35. The molecular formula is C25H19NO2S. The lowest BCUT2D eigenvalue weighted by Crippen LogP contribution is -2.46. The van der Waals surface area contributed by atoms with Gasteiger partial charge in [-0.25, -0.2) is 12.7 Å². The molecule has 0 aromatic heterocycles. The molecule has 0 spiro atoms. The first-order valence-electron chi connectivity index (χ1n) is 9.48. The second kappa shape index (κ2) is 6.61. The maximum absolute atomic E-state index is 13.9. The van der Waals surface area contributed by atoms with E-state index in [0.717, 1.165) is 16.7 Å². The Bertz CT molecular complexity index is 1210. The van der Waals surface area contributed by atoms with Crippen molar-refractivity contribution in [3.8, 4) is 0 Å². The highest BCUT2D eigenvalue weighted by Crippen LogP contribution is 2.53. The van der Waals surface area contributed by atoms with Crippen LogP contribution in [0.5, 0.6) is 0 Å². The third kappa shape index (κ3) is 2.46. The fourth-order valence-corrected chi connectivity index (χ4v) is 6.36. The smallest absolute Gasteiger partial charge is 0.247 e. The van der Waals surface area contributed by atoms with Crippen LogP contribution < -0.4 is 4.31 Å².